The number of carbonyl (C=O) groups is 1. The number of hydrogen-bond acceptors (Lipinski definition) is 3. The van der Waals surface area contributed by atoms with Gasteiger partial charge in [0, 0.05) is 25.3 Å². The summed E-state index contributed by atoms with van der Waals surface area (Å²) < 4.78 is 1.85. The second-order valence-electron chi connectivity index (χ2n) is 7.25. The number of carbonyl (C=O) groups excluding carboxylic acids is 1. The number of likely N-dealkylation sites (tertiary alicyclic amines) is 1. The lowest BCUT2D eigenvalue weighted by molar-refractivity contribution is 0.0593. The van der Waals surface area contributed by atoms with E-state index in [0.29, 0.717) is 6.04 Å². The minimum atomic E-state index is 0.132. The molecular formula is C21H30N4O. The Bertz CT molecular complexity index is 717. The number of aromatic nitrogens is 2. The predicted molar refractivity (Wildman–Crippen MR) is 104 cm³/mol. The molecule has 3 rings (SSSR count). The van der Waals surface area contributed by atoms with Gasteiger partial charge in [0.1, 0.15) is 0 Å². The monoisotopic (exact) mass is 354 g/mol. The van der Waals surface area contributed by atoms with Crippen molar-refractivity contribution in [1.82, 2.24) is 19.6 Å². The van der Waals surface area contributed by atoms with Crippen molar-refractivity contribution in [1.29, 1.82) is 0 Å². The van der Waals surface area contributed by atoms with Crippen LogP contribution in [0.3, 0.4) is 0 Å². The topological polar surface area (TPSA) is 41.4 Å². The summed E-state index contributed by atoms with van der Waals surface area (Å²) in [7, 11) is 2.15. The van der Waals surface area contributed by atoms with Crippen LogP contribution in [0.4, 0.5) is 0 Å². The van der Waals surface area contributed by atoms with Crippen LogP contribution < -0.4 is 0 Å². The summed E-state index contributed by atoms with van der Waals surface area (Å²) in [6.07, 6.45) is 4.87. The Balaban J connectivity index is 1.79. The molecule has 1 aromatic heterocycles. The lowest BCUT2D eigenvalue weighted by Crippen LogP contribution is -2.47. The van der Waals surface area contributed by atoms with E-state index in [2.05, 4.69) is 46.2 Å². The predicted octanol–water partition coefficient (Wildman–Crippen LogP) is 2.99. The molecule has 0 spiro atoms. The fourth-order valence-electron chi connectivity index (χ4n) is 3.70. The Morgan fingerprint density at radius 1 is 1.23 bits per heavy atom. The van der Waals surface area contributed by atoms with Gasteiger partial charge in [-0.25, -0.2) is 0 Å². The lowest BCUT2D eigenvalue weighted by atomic mass is 10.0. The maximum Gasteiger partial charge on any atom is 0.257 e. The summed E-state index contributed by atoms with van der Waals surface area (Å²) in [6.45, 7) is 7.62. The summed E-state index contributed by atoms with van der Waals surface area (Å²) in [5.74, 6) is 0.132. The number of piperidine rings is 1. The van der Waals surface area contributed by atoms with Crippen molar-refractivity contribution < 1.29 is 4.79 Å². The van der Waals surface area contributed by atoms with Crippen LogP contribution in [-0.4, -0.2) is 58.2 Å². The summed E-state index contributed by atoms with van der Waals surface area (Å²) in [5.41, 5.74) is 2.85. The molecule has 0 unspecified atom stereocenters. The summed E-state index contributed by atoms with van der Waals surface area (Å²) in [4.78, 5) is 17.8. The van der Waals surface area contributed by atoms with Crippen molar-refractivity contribution >= 4 is 5.91 Å². The van der Waals surface area contributed by atoms with Crippen molar-refractivity contribution in [3.05, 3.63) is 53.3 Å². The van der Waals surface area contributed by atoms with E-state index in [9.17, 15) is 4.79 Å². The Labute approximate surface area is 156 Å². The first-order valence-electron chi connectivity index (χ1n) is 9.66. The smallest absolute Gasteiger partial charge is 0.257 e. The van der Waals surface area contributed by atoms with E-state index >= 15 is 0 Å². The number of aryl methyl sites for hydroxylation is 2. The zero-order valence-corrected chi connectivity index (χ0v) is 16.2. The van der Waals surface area contributed by atoms with Gasteiger partial charge in [0.15, 0.2) is 0 Å². The van der Waals surface area contributed by atoms with E-state index in [1.54, 1.807) is 0 Å². The van der Waals surface area contributed by atoms with Gasteiger partial charge in [0.25, 0.3) is 5.91 Å². The molecule has 0 N–H and O–H groups in total. The van der Waals surface area contributed by atoms with Gasteiger partial charge in [-0.3, -0.25) is 9.48 Å². The Morgan fingerprint density at radius 3 is 2.54 bits per heavy atom. The van der Waals surface area contributed by atoms with Gasteiger partial charge in [-0.15, -0.1) is 0 Å². The highest BCUT2D eigenvalue weighted by molar-refractivity contribution is 5.95. The molecule has 140 valence electrons. The van der Waals surface area contributed by atoms with Crippen LogP contribution in [0, 0.1) is 6.92 Å². The highest BCUT2D eigenvalue weighted by atomic mass is 16.2. The highest BCUT2D eigenvalue weighted by Crippen LogP contribution is 2.20. The van der Waals surface area contributed by atoms with Crippen LogP contribution in [-0.2, 0) is 13.0 Å². The van der Waals surface area contributed by atoms with Crippen molar-refractivity contribution in [3.8, 4) is 0 Å². The second-order valence-corrected chi connectivity index (χ2v) is 7.25. The number of nitrogens with zero attached hydrogens (tertiary/aromatic N) is 4. The fraction of sp³-hybridized carbons (Fsp3) is 0.524. The van der Waals surface area contributed by atoms with E-state index in [4.69, 9.17) is 0 Å². The van der Waals surface area contributed by atoms with Gasteiger partial charge in [-0.05, 0) is 58.8 Å². The molecule has 1 saturated heterocycles. The molecular weight excluding hydrogens is 324 g/mol. The summed E-state index contributed by atoms with van der Waals surface area (Å²) in [5, 5.41) is 4.47. The first kappa shape index (κ1) is 18.6. The maximum absolute atomic E-state index is 13.4. The molecule has 1 fully saturated rings. The maximum atomic E-state index is 13.4. The molecule has 0 saturated carbocycles. The lowest BCUT2D eigenvalue weighted by Gasteiger charge is -2.37. The van der Waals surface area contributed by atoms with Gasteiger partial charge >= 0.3 is 0 Å². The third-order valence-electron chi connectivity index (χ3n) is 5.37. The molecule has 26 heavy (non-hydrogen) atoms. The van der Waals surface area contributed by atoms with Gasteiger partial charge in [0.2, 0.25) is 0 Å². The average molecular weight is 354 g/mol. The summed E-state index contributed by atoms with van der Waals surface area (Å²) in [6, 6.07) is 10.7. The quantitative estimate of drug-likeness (QED) is 0.801. The Morgan fingerprint density at radius 2 is 1.92 bits per heavy atom. The minimum Gasteiger partial charge on any atom is -0.335 e. The van der Waals surface area contributed by atoms with Crippen LogP contribution in [0.25, 0.3) is 0 Å². The number of rotatable bonds is 6. The minimum absolute atomic E-state index is 0.132. The molecule has 2 heterocycles. The molecule has 1 aromatic carbocycles. The first-order chi connectivity index (χ1) is 12.6. The molecule has 1 amide bonds. The van der Waals surface area contributed by atoms with Gasteiger partial charge in [-0.1, -0.05) is 30.3 Å². The number of amides is 1. The third kappa shape index (κ3) is 4.33. The third-order valence-corrected chi connectivity index (χ3v) is 5.37. The van der Waals surface area contributed by atoms with Gasteiger partial charge < -0.3 is 9.80 Å². The van der Waals surface area contributed by atoms with E-state index in [0.717, 1.165) is 56.7 Å². The molecule has 0 radical (unpaired) electrons. The number of hydrogen-bond donors (Lipinski definition) is 0. The first-order valence-corrected chi connectivity index (χ1v) is 9.66. The van der Waals surface area contributed by atoms with E-state index < -0.39 is 0 Å². The Kier molecular flexibility index (Phi) is 6.09. The van der Waals surface area contributed by atoms with Crippen LogP contribution in [0.2, 0.25) is 0 Å². The normalized spacial score (nSPS) is 16.0. The van der Waals surface area contributed by atoms with E-state index in [1.165, 1.54) is 5.56 Å². The van der Waals surface area contributed by atoms with E-state index in [1.807, 2.05) is 30.8 Å². The molecule has 2 aromatic rings. The standard InChI is InChI=1S/C21H30N4O/c1-4-24-16-20(17(2)22-24)21(26)25(19-11-13-23(3)14-12-19)15-10-18-8-6-5-7-9-18/h5-9,16,19H,4,10-15H2,1-3H3. The molecule has 1 aliphatic heterocycles. The molecule has 0 aliphatic carbocycles. The summed E-state index contributed by atoms with van der Waals surface area (Å²) >= 11 is 0. The van der Waals surface area contributed by atoms with Crippen molar-refractivity contribution in [2.24, 2.45) is 0 Å². The average Bonchev–Trinajstić information content (AvgIpc) is 3.05. The number of benzene rings is 1. The van der Waals surface area contributed by atoms with Crippen LogP contribution in [0.5, 0.6) is 0 Å². The largest absolute Gasteiger partial charge is 0.335 e. The van der Waals surface area contributed by atoms with E-state index in [-0.39, 0.29) is 5.91 Å². The van der Waals surface area contributed by atoms with Gasteiger partial charge in [0.05, 0.1) is 11.3 Å². The molecule has 1 aliphatic rings. The zero-order chi connectivity index (χ0) is 18.5. The SMILES string of the molecule is CCn1cc(C(=O)N(CCc2ccccc2)C2CCN(C)CC2)c(C)n1. The second kappa shape index (κ2) is 8.49. The highest BCUT2D eigenvalue weighted by Gasteiger charge is 2.29. The van der Waals surface area contributed by atoms with Crippen LogP contribution in [0.1, 0.15) is 41.4 Å². The van der Waals surface area contributed by atoms with Gasteiger partial charge in [-0.2, -0.15) is 5.10 Å². The molecule has 5 nitrogen and oxygen atoms in total. The zero-order valence-electron chi connectivity index (χ0n) is 16.2. The van der Waals surface area contributed by atoms with Crippen molar-refractivity contribution in [2.75, 3.05) is 26.7 Å². The molecule has 0 atom stereocenters. The fourth-order valence-corrected chi connectivity index (χ4v) is 3.70. The molecule has 0 bridgehead atoms. The van der Waals surface area contributed by atoms with Crippen molar-refractivity contribution in [2.45, 2.75) is 45.7 Å². The Hall–Kier alpha value is -2.14. The van der Waals surface area contributed by atoms with Crippen LogP contribution >= 0.6 is 0 Å². The van der Waals surface area contributed by atoms with Crippen LogP contribution in [0.15, 0.2) is 36.5 Å². The van der Waals surface area contributed by atoms with Crippen molar-refractivity contribution in [3.63, 3.8) is 0 Å². The molecule has 5 heteroatoms.